The van der Waals surface area contributed by atoms with Crippen molar-refractivity contribution < 1.29 is 8.42 Å². The van der Waals surface area contributed by atoms with Gasteiger partial charge in [0.15, 0.2) is 11.5 Å². The van der Waals surface area contributed by atoms with Gasteiger partial charge in [0.05, 0.1) is 11.4 Å². The molecule has 3 aromatic rings. The topological polar surface area (TPSA) is 92.2 Å². The van der Waals surface area contributed by atoms with Crippen molar-refractivity contribution >= 4 is 33.0 Å². The Balaban J connectivity index is 1.45. The van der Waals surface area contributed by atoms with Crippen LogP contribution in [0.25, 0.3) is 17.0 Å². The molecule has 0 bridgehead atoms. The summed E-state index contributed by atoms with van der Waals surface area (Å²) in [5.41, 5.74) is 2.78. The summed E-state index contributed by atoms with van der Waals surface area (Å²) in [5, 5.41) is 8.57. The Morgan fingerprint density at radius 3 is 2.47 bits per heavy atom. The van der Waals surface area contributed by atoms with Crippen LogP contribution in [-0.2, 0) is 15.4 Å². The van der Waals surface area contributed by atoms with E-state index in [0.29, 0.717) is 34.5 Å². The monoisotopic (exact) mass is 533 g/mol. The van der Waals surface area contributed by atoms with Crippen molar-refractivity contribution in [3.05, 3.63) is 35.0 Å². The van der Waals surface area contributed by atoms with Crippen molar-refractivity contribution in [2.45, 2.75) is 90.9 Å². The lowest BCUT2D eigenvalue weighted by atomic mass is 9.77. The van der Waals surface area contributed by atoms with Gasteiger partial charge in [-0.1, -0.05) is 77.1 Å². The minimum atomic E-state index is -3.42. The number of sulfonamides is 1. The van der Waals surface area contributed by atoms with Crippen molar-refractivity contribution in [1.29, 1.82) is 0 Å². The quantitative estimate of drug-likeness (QED) is 0.272. The minimum absolute atomic E-state index is 0.0345. The number of halogens is 1. The minimum Gasteiger partial charge on any atom is -0.284 e. The molecule has 0 spiro atoms. The standard InChI is InChI=1S/C27H40ClN5O2S/c1-5-27(6-2,7-3)24-23(28)26-29-25(31-33(26)30-24)21-11-8-12-22(18-21)32-36(34,35)17-9-10-20-15-13-19(4)14-16-20/h8,11-12,18-20,30,32H,5-7,9-10,13-17H2,1-4H3. The first-order valence-corrected chi connectivity index (χ1v) is 15.5. The zero-order chi connectivity index (χ0) is 25.9. The molecule has 36 heavy (non-hydrogen) atoms. The summed E-state index contributed by atoms with van der Waals surface area (Å²) in [6.07, 6.45) is 9.57. The van der Waals surface area contributed by atoms with Crippen LogP contribution in [0.4, 0.5) is 5.69 Å². The van der Waals surface area contributed by atoms with Crippen LogP contribution >= 0.6 is 11.6 Å². The molecule has 0 atom stereocenters. The van der Waals surface area contributed by atoms with E-state index in [-0.39, 0.29) is 11.2 Å². The van der Waals surface area contributed by atoms with E-state index in [2.05, 4.69) is 47.6 Å². The molecule has 1 fully saturated rings. The van der Waals surface area contributed by atoms with Gasteiger partial charge in [0.2, 0.25) is 10.0 Å². The third-order valence-corrected chi connectivity index (χ3v) is 10.1. The molecule has 4 rings (SSSR count). The second-order valence-corrected chi connectivity index (χ2v) is 12.8. The van der Waals surface area contributed by atoms with Crippen molar-refractivity contribution in [3.8, 4) is 11.4 Å². The molecular weight excluding hydrogens is 494 g/mol. The number of benzene rings is 1. The molecule has 0 radical (unpaired) electrons. The highest BCUT2D eigenvalue weighted by atomic mass is 35.5. The van der Waals surface area contributed by atoms with E-state index in [1.54, 1.807) is 16.8 Å². The van der Waals surface area contributed by atoms with E-state index in [0.717, 1.165) is 42.9 Å². The molecule has 0 unspecified atom stereocenters. The highest BCUT2D eigenvalue weighted by Gasteiger charge is 2.32. The lowest BCUT2D eigenvalue weighted by molar-refractivity contribution is 0.276. The number of hydrogen-bond donors (Lipinski definition) is 2. The fourth-order valence-corrected chi connectivity index (χ4v) is 7.18. The molecule has 0 amide bonds. The summed E-state index contributed by atoms with van der Waals surface area (Å²) in [6, 6.07) is 7.22. The van der Waals surface area contributed by atoms with Crippen LogP contribution in [0.15, 0.2) is 24.3 Å². The lowest BCUT2D eigenvalue weighted by Gasteiger charge is -2.29. The van der Waals surface area contributed by atoms with Gasteiger partial charge in [-0.2, -0.15) is 4.63 Å². The second-order valence-electron chi connectivity index (χ2n) is 10.6. The third kappa shape index (κ3) is 5.75. The molecule has 0 saturated heterocycles. The number of aromatic amines is 1. The first kappa shape index (κ1) is 27.0. The maximum Gasteiger partial charge on any atom is 0.232 e. The maximum atomic E-state index is 12.7. The van der Waals surface area contributed by atoms with Gasteiger partial charge in [0, 0.05) is 16.7 Å². The molecule has 1 aliphatic carbocycles. The van der Waals surface area contributed by atoms with Gasteiger partial charge in [-0.25, -0.2) is 13.4 Å². The Kier molecular flexibility index (Phi) is 8.35. The summed E-state index contributed by atoms with van der Waals surface area (Å²) < 4.78 is 29.8. The zero-order valence-corrected chi connectivity index (χ0v) is 23.6. The molecule has 198 valence electrons. The molecule has 1 saturated carbocycles. The van der Waals surface area contributed by atoms with E-state index >= 15 is 0 Å². The lowest BCUT2D eigenvalue weighted by Crippen LogP contribution is -2.24. The van der Waals surface area contributed by atoms with E-state index in [1.807, 2.05) is 12.1 Å². The first-order chi connectivity index (χ1) is 17.2. The van der Waals surface area contributed by atoms with Crippen LogP contribution in [0.1, 0.15) is 91.2 Å². The Labute approximate surface area is 220 Å². The van der Waals surface area contributed by atoms with Crippen LogP contribution in [0.5, 0.6) is 0 Å². The van der Waals surface area contributed by atoms with E-state index in [1.165, 1.54) is 25.7 Å². The van der Waals surface area contributed by atoms with Crippen LogP contribution in [-0.4, -0.2) is 34.0 Å². The summed E-state index contributed by atoms with van der Waals surface area (Å²) >= 11 is 6.76. The fourth-order valence-electron chi connectivity index (χ4n) is 5.69. The van der Waals surface area contributed by atoms with E-state index < -0.39 is 10.0 Å². The first-order valence-electron chi connectivity index (χ1n) is 13.5. The van der Waals surface area contributed by atoms with Crippen LogP contribution < -0.4 is 4.72 Å². The van der Waals surface area contributed by atoms with Crippen molar-refractivity contribution in [2.24, 2.45) is 11.8 Å². The largest absolute Gasteiger partial charge is 0.284 e. The fraction of sp³-hybridized carbons (Fsp3) is 0.630. The molecule has 2 aromatic heterocycles. The zero-order valence-electron chi connectivity index (χ0n) is 22.0. The second kappa shape index (κ2) is 11.1. The number of rotatable bonds is 11. The van der Waals surface area contributed by atoms with Crippen molar-refractivity contribution in [3.63, 3.8) is 0 Å². The summed E-state index contributed by atoms with van der Waals surface area (Å²) in [5.74, 6) is 2.12. The molecule has 1 aromatic carbocycles. The average Bonchev–Trinajstić information content (AvgIpc) is 3.42. The predicted octanol–water partition coefficient (Wildman–Crippen LogP) is 7.19. The number of nitrogens with one attached hydrogen (secondary N) is 2. The number of fused-ring (bicyclic) bond motifs is 1. The molecule has 9 heteroatoms. The number of anilines is 1. The Bertz CT molecular complexity index is 1260. The molecule has 0 aliphatic heterocycles. The predicted molar refractivity (Wildman–Crippen MR) is 148 cm³/mol. The number of aromatic nitrogens is 4. The molecular formula is C27H40ClN5O2S. The van der Waals surface area contributed by atoms with Crippen LogP contribution in [0.2, 0.25) is 5.02 Å². The smallest absolute Gasteiger partial charge is 0.232 e. The number of nitrogens with zero attached hydrogens (tertiary/aromatic N) is 3. The number of hydrogen-bond acceptors (Lipinski definition) is 4. The highest BCUT2D eigenvalue weighted by Crippen LogP contribution is 2.39. The average molecular weight is 534 g/mol. The van der Waals surface area contributed by atoms with E-state index in [4.69, 9.17) is 11.6 Å². The van der Waals surface area contributed by atoms with Gasteiger partial charge in [-0.3, -0.25) is 9.82 Å². The van der Waals surface area contributed by atoms with Crippen LogP contribution in [0, 0.1) is 11.8 Å². The van der Waals surface area contributed by atoms with Crippen molar-refractivity contribution in [1.82, 2.24) is 19.8 Å². The maximum absolute atomic E-state index is 12.7. The van der Waals surface area contributed by atoms with Crippen molar-refractivity contribution in [2.75, 3.05) is 10.5 Å². The summed E-state index contributed by atoms with van der Waals surface area (Å²) in [7, 11) is -3.42. The van der Waals surface area contributed by atoms with Gasteiger partial charge in [-0.05, 0) is 56.1 Å². The molecule has 1 aliphatic rings. The van der Waals surface area contributed by atoms with Gasteiger partial charge in [-0.15, -0.1) is 5.10 Å². The number of H-pyrrole nitrogens is 1. The van der Waals surface area contributed by atoms with Crippen LogP contribution in [0.3, 0.4) is 0 Å². The summed E-state index contributed by atoms with van der Waals surface area (Å²) in [6.45, 7) is 8.83. The van der Waals surface area contributed by atoms with E-state index in [9.17, 15) is 8.42 Å². The molecule has 2 heterocycles. The Hall–Kier alpha value is -2.06. The molecule has 7 nitrogen and oxygen atoms in total. The Morgan fingerprint density at radius 2 is 1.83 bits per heavy atom. The third-order valence-electron chi connectivity index (χ3n) is 8.36. The highest BCUT2D eigenvalue weighted by molar-refractivity contribution is 7.92. The SMILES string of the molecule is CCC(CC)(CC)c1[nH]n2nc(-c3cccc(NS(=O)(=O)CCCC4CCC(C)CC4)c3)nc2c1Cl. The Morgan fingerprint density at radius 1 is 1.14 bits per heavy atom. The normalized spacial score (nSPS) is 19.1. The van der Waals surface area contributed by atoms with Gasteiger partial charge < -0.3 is 0 Å². The van der Waals surface area contributed by atoms with Gasteiger partial charge >= 0.3 is 0 Å². The summed E-state index contributed by atoms with van der Waals surface area (Å²) in [4.78, 5) is 4.68. The van der Waals surface area contributed by atoms with Gasteiger partial charge in [0.1, 0.15) is 5.02 Å². The molecule has 2 N–H and O–H groups in total. The van der Waals surface area contributed by atoms with Gasteiger partial charge in [0.25, 0.3) is 0 Å².